The van der Waals surface area contributed by atoms with Gasteiger partial charge in [0.25, 0.3) is 5.56 Å². The molecule has 1 aromatic heterocycles. The maximum Gasteiger partial charge on any atom is 0.250 e. The summed E-state index contributed by atoms with van der Waals surface area (Å²) in [5.74, 6) is 0.814. The third kappa shape index (κ3) is 2.60. The zero-order chi connectivity index (χ0) is 13.0. The van der Waals surface area contributed by atoms with Gasteiger partial charge in [-0.25, -0.2) is 0 Å². The number of pyridine rings is 1. The number of rotatable bonds is 4. The second kappa shape index (κ2) is 5.51. The Labute approximate surface area is 106 Å². The first kappa shape index (κ1) is 12.4. The molecule has 0 unspecified atom stereocenters. The van der Waals surface area contributed by atoms with Crippen LogP contribution in [-0.2, 0) is 6.54 Å². The molecule has 0 saturated heterocycles. The van der Waals surface area contributed by atoms with Crippen LogP contribution in [0.4, 0.5) is 0 Å². The van der Waals surface area contributed by atoms with E-state index in [0.29, 0.717) is 13.1 Å². The summed E-state index contributed by atoms with van der Waals surface area (Å²) in [5, 5.41) is 0. The van der Waals surface area contributed by atoms with Crippen LogP contribution in [0.5, 0.6) is 5.75 Å². The van der Waals surface area contributed by atoms with Crippen molar-refractivity contribution in [1.29, 1.82) is 0 Å². The van der Waals surface area contributed by atoms with E-state index in [-0.39, 0.29) is 5.56 Å². The zero-order valence-corrected chi connectivity index (χ0v) is 10.3. The molecule has 0 bridgehead atoms. The molecular weight excluding hydrogens is 228 g/mol. The SMILES string of the molecule is COc1ccc(-c2ccc(=O)n(CCN)c2)cc1. The van der Waals surface area contributed by atoms with Crippen LogP contribution in [0.1, 0.15) is 0 Å². The molecule has 0 spiro atoms. The summed E-state index contributed by atoms with van der Waals surface area (Å²) in [4.78, 5) is 11.6. The van der Waals surface area contributed by atoms with E-state index in [4.69, 9.17) is 10.5 Å². The third-order valence-corrected chi connectivity index (χ3v) is 2.78. The Hall–Kier alpha value is -2.07. The molecule has 2 rings (SSSR count). The second-order valence-corrected chi connectivity index (χ2v) is 3.97. The van der Waals surface area contributed by atoms with Crippen molar-refractivity contribution in [2.45, 2.75) is 6.54 Å². The number of hydrogen-bond acceptors (Lipinski definition) is 3. The van der Waals surface area contributed by atoms with Gasteiger partial charge in [-0.3, -0.25) is 4.79 Å². The largest absolute Gasteiger partial charge is 0.497 e. The van der Waals surface area contributed by atoms with Crippen molar-refractivity contribution < 1.29 is 4.74 Å². The van der Waals surface area contributed by atoms with E-state index in [1.165, 1.54) is 0 Å². The first-order valence-corrected chi connectivity index (χ1v) is 5.79. The molecule has 2 N–H and O–H groups in total. The lowest BCUT2D eigenvalue weighted by atomic mass is 10.1. The molecule has 0 saturated carbocycles. The van der Waals surface area contributed by atoms with Gasteiger partial charge in [-0.05, 0) is 29.3 Å². The van der Waals surface area contributed by atoms with Crippen molar-refractivity contribution in [3.63, 3.8) is 0 Å². The van der Waals surface area contributed by atoms with Crippen LogP contribution in [0.2, 0.25) is 0 Å². The van der Waals surface area contributed by atoms with Crippen molar-refractivity contribution in [3.05, 3.63) is 52.9 Å². The summed E-state index contributed by atoms with van der Waals surface area (Å²) >= 11 is 0. The zero-order valence-electron chi connectivity index (χ0n) is 10.3. The normalized spacial score (nSPS) is 10.3. The van der Waals surface area contributed by atoms with Crippen LogP contribution in [0.25, 0.3) is 11.1 Å². The predicted octanol–water partition coefficient (Wildman–Crippen LogP) is 1.48. The van der Waals surface area contributed by atoms with Gasteiger partial charge in [0.1, 0.15) is 5.75 Å². The van der Waals surface area contributed by atoms with Crippen molar-refractivity contribution in [1.82, 2.24) is 4.57 Å². The molecule has 0 radical (unpaired) electrons. The fourth-order valence-corrected chi connectivity index (χ4v) is 1.80. The molecule has 0 amide bonds. The Balaban J connectivity index is 2.37. The molecule has 4 heteroatoms. The summed E-state index contributed by atoms with van der Waals surface area (Å²) in [7, 11) is 1.64. The van der Waals surface area contributed by atoms with Gasteiger partial charge < -0.3 is 15.0 Å². The van der Waals surface area contributed by atoms with Gasteiger partial charge in [-0.15, -0.1) is 0 Å². The van der Waals surface area contributed by atoms with E-state index in [1.54, 1.807) is 17.7 Å². The minimum atomic E-state index is -0.0299. The molecule has 0 fully saturated rings. The highest BCUT2D eigenvalue weighted by Gasteiger charge is 2.01. The average Bonchev–Trinajstić information content (AvgIpc) is 2.42. The maximum atomic E-state index is 11.6. The van der Waals surface area contributed by atoms with E-state index in [9.17, 15) is 4.79 Å². The lowest BCUT2D eigenvalue weighted by Gasteiger charge is -2.07. The second-order valence-electron chi connectivity index (χ2n) is 3.97. The molecular formula is C14H16N2O2. The van der Waals surface area contributed by atoms with Gasteiger partial charge in [-0.2, -0.15) is 0 Å². The van der Waals surface area contributed by atoms with Crippen molar-refractivity contribution >= 4 is 0 Å². The van der Waals surface area contributed by atoms with Gasteiger partial charge in [0.05, 0.1) is 7.11 Å². The first-order valence-electron chi connectivity index (χ1n) is 5.79. The molecule has 0 atom stereocenters. The summed E-state index contributed by atoms with van der Waals surface area (Å²) in [5.41, 5.74) is 7.48. The molecule has 1 aromatic carbocycles. The van der Waals surface area contributed by atoms with Gasteiger partial charge in [0.2, 0.25) is 0 Å². The quantitative estimate of drug-likeness (QED) is 0.886. The Morgan fingerprint density at radius 3 is 2.39 bits per heavy atom. The molecule has 94 valence electrons. The maximum absolute atomic E-state index is 11.6. The summed E-state index contributed by atoms with van der Waals surface area (Å²) < 4.78 is 6.74. The number of benzene rings is 1. The topological polar surface area (TPSA) is 57.2 Å². The Kier molecular flexibility index (Phi) is 3.79. The Morgan fingerprint density at radius 2 is 1.78 bits per heavy atom. The number of nitrogens with zero attached hydrogens (tertiary/aromatic N) is 1. The smallest absolute Gasteiger partial charge is 0.250 e. The molecule has 1 heterocycles. The van der Waals surface area contributed by atoms with Crippen LogP contribution in [0.15, 0.2) is 47.4 Å². The molecule has 0 aliphatic heterocycles. The molecule has 4 nitrogen and oxygen atoms in total. The fourth-order valence-electron chi connectivity index (χ4n) is 1.80. The van der Waals surface area contributed by atoms with Gasteiger partial charge in [0, 0.05) is 25.4 Å². The highest BCUT2D eigenvalue weighted by Crippen LogP contribution is 2.21. The highest BCUT2D eigenvalue weighted by molar-refractivity contribution is 5.63. The minimum Gasteiger partial charge on any atom is -0.497 e. The van der Waals surface area contributed by atoms with E-state index >= 15 is 0 Å². The standard InChI is InChI=1S/C14H16N2O2/c1-18-13-5-2-11(3-6-13)12-4-7-14(17)16(10-12)9-8-15/h2-7,10H,8-9,15H2,1H3. The van der Waals surface area contributed by atoms with Crippen LogP contribution in [0, 0.1) is 0 Å². The van der Waals surface area contributed by atoms with Gasteiger partial charge in [-0.1, -0.05) is 12.1 Å². The van der Waals surface area contributed by atoms with Crippen LogP contribution in [-0.4, -0.2) is 18.2 Å². The molecule has 18 heavy (non-hydrogen) atoms. The molecule has 2 aromatic rings. The summed E-state index contributed by atoms with van der Waals surface area (Å²) in [6.45, 7) is 0.981. The lowest BCUT2D eigenvalue weighted by molar-refractivity contribution is 0.415. The Morgan fingerprint density at radius 1 is 1.11 bits per heavy atom. The van der Waals surface area contributed by atoms with Crippen LogP contribution < -0.4 is 16.0 Å². The first-order chi connectivity index (χ1) is 8.74. The van der Waals surface area contributed by atoms with Crippen molar-refractivity contribution in [3.8, 4) is 16.9 Å². The minimum absolute atomic E-state index is 0.0299. The Bertz CT molecular complexity index is 573. The monoisotopic (exact) mass is 244 g/mol. The number of ether oxygens (including phenoxy) is 1. The van der Waals surface area contributed by atoms with E-state index in [2.05, 4.69) is 0 Å². The summed E-state index contributed by atoms with van der Waals surface area (Å²) in [6, 6.07) is 11.1. The van der Waals surface area contributed by atoms with Crippen LogP contribution >= 0.6 is 0 Å². The van der Waals surface area contributed by atoms with Crippen molar-refractivity contribution in [2.24, 2.45) is 5.73 Å². The lowest BCUT2D eigenvalue weighted by Crippen LogP contribution is -2.22. The van der Waals surface area contributed by atoms with Crippen LogP contribution in [0.3, 0.4) is 0 Å². The predicted molar refractivity (Wildman–Crippen MR) is 71.7 cm³/mol. The number of hydrogen-bond donors (Lipinski definition) is 1. The van der Waals surface area contributed by atoms with E-state index in [1.807, 2.05) is 36.5 Å². The van der Waals surface area contributed by atoms with Gasteiger partial charge in [0.15, 0.2) is 0 Å². The highest BCUT2D eigenvalue weighted by atomic mass is 16.5. The van der Waals surface area contributed by atoms with Crippen molar-refractivity contribution in [2.75, 3.05) is 13.7 Å². The fraction of sp³-hybridized carbons (Fsp3) is 0.214. The van der Waals surface area contributed by atoms with E-state index in [0.717, 1.165) is 16.9 Å². The molecule has 0 aliphatic rings. The third-order valence-electron chi connectivity index (χ3n) is 2.78. The summed E-state index contributed by atoms with van der Waals surface area (Å²) in [6.07, 6.45) is 1.83. The van der Waals surface area contributed by atoms with Gasteiger partial charge >= 0.3 is 0 Å². The molecule has 0 aliphatic carbocycles. The number of methoxy groups -OCH3 is 1. The van der Waals surface area contributed by atoms with E-state index < -0.39 is 0 Å². The number of nitrogens with two attached hydrogens (primary N) is 1. The number of aromatic nitrogens is 1. The average molecular weight is 244 g/mol.